The van der Waals surface area contributed by atoms with Crippen LogP contribution in [0.1, 0.15) is 28.3 Å². The molecule has 3 amide bonds. The highest BCUT2D eigenvalue weighted by Crippen LogP contribution is 2.26. The Morgan fingerprint density at radius 2 is 1.32 bits per heavy atom. The normalized spacial score (nSPS) is 12.4. The number of nitrogens with zero attached hydrogens (tertiary/aromatic N) is 1. The topological polar surface area (TPSA) is 142 Å². The Morgan fingerprint density at radius 3 is 1.98 bits per heavy atom. The lowest BCUT2D eigenvalue weighted by molar-refractivity contribution is -0.132. The van der Waals surface area contributed by atoms with E-state index in [-0.39, 0.29) is 37.7 Å². The van der Waals surface area contributed by atoms with Crippen molar-refractivity contribution in [1.29, 1.82) is 0 Å². The van der Waals surface area contributed by atoms with Crippen molar-refractivity contribution < 1.29 is 14.4 Å². The van der Waals surface area contributed by atoms with Gasteiger partial charge in [0.15, 0.2) is 0 Å². The number of benzene rings is 4. The molecule has 0 spiro atoms. The fourth-order valence-electron chi connectivity index (χ4n) is 5.36. The highest BCUT2D eigenvalue weighted by Gasteiger charge is 2.31. The lowest BCUT2D eigenvalue weighted by Gasteiger charge is -2.26. The van der Waals surface area contributed by atoms with Gasteiger partial charge < -0.3 is 26.7 Å². The zero-order valence-corrected chi connectivity index (χ0v) is 24.3. The molecule has 0 radical (unpaired) electrons. The van der Waals surface area contributed by atoms with E-state index in [1.807, 2.05) is 103 Å². The minimum absolute atomic E-state index is 0.188. The summed E-state index contributed by atoms with van der Waals surface area (Å²) in [7, 11) is 0. The molecule has 0 fully saturated rings. The summed E-state index contributed by atoms with van der Waals surface area (Å²) in [6.45, 7) is 0.525. The number of aromatic amines is 1. The molecule has 0 aliphatic rings. The molecule has 0 bridgehead atoms. The van der Waals surface area contributed by atoms with Gasteiger partial charge in [-0.05, 0) is 27.5 Å². The molecule has 0 saturated heterocycles. The average molecular weight is 589 g/mol. The van der Waals surface area contributed by atoms with Crippen molar-refractivity contribution in [2.24, 2.45) is 5.73 Å². The van der Waals surface area contributed by atoms with Gasteiger partial charge in [-0.3, -0.25) is 14.4 Å². The van der Waals surface area contributed by atoms with Crippen molar-refractivity contribution >= 4 is 28.5 Å². The van der Waals surface area contributed by atoms with E-state index in [9.17, 15) is 14.4 Å². The Morgan fingerprint density at radius 1 is 0.705 bits per heavy atom. The number of fused-ring (bicyclic) bond motifs is 1. The van der Waals surface area contributed by atoms with Gasteiger partial charge >= 0.3 is 0 Å². The van der Waals surface area contributed by atoms with Gasteiger partial charge in [0, 0.05) is 37.8 Å². The molecule has 44 heavy (non-hydrogen) atoms. The van der Waals surface area contributed by atoms with E-state index in [0.717, 1.165) is 27.5 Å². The molecule has 0 aliphatic heterocycles. The predicted octanol–water partition coefficient (Wildman–Crippen LogP) is 3.22. The lowest BCUT2D eigenvalue weighted by atomic mass is 9.90. The first-order valence-electron chi connectivity index (χ1n) is 14.7. The number of H-pyrrole nitrogens is 1. The Hall–Kier alpha value is -5.28. The van der Waals surface area contributed by atoms with Crippen LogP contribution in [-0.2, 0) is 27.2 Å². The van der Waals surface area contributed by atoms with E-state index in [4.69, 9.17) is 5.73 Å². The molecule has 224 valence electrons. The monoisotopic (exact) mass is 588 g/mol. The molecule has 2 atom stereocenters. The van der Waals surface area contributed by atoms with Crippen molar-refractivity contribution in [3.63, 3.8) is 0 Å². The third-order valence-corrected chi connectivity index (χ3v) is 7.52. The Labute approximate surface area is 256 Å². The summed E-state index contributed by atoms with van der Waals surface area (Å²) in [4.78, 5) is 48.3. The van der Waals surface area contributed by atoms with Crippen LogP contribution in [0.3, 0.4) is 0 Å². The third-order valence-electron chi connectivity index (χ3n) is 7.52. The van der Waals surface area contributed by atoms with Crippen LogP contribution in [0.15, 0.2) is 116 Å². The summed E-state index contributed by atoms with van der Waals surface area (Å²) in [5.74, 6) is -1.81. The predicted molar refractivity (Wildman–Crippen MR) is 171 cm³/mol. The smallest absolute Gasteiger partial charge is 0.243 e. The number of nitrogens with two attached hydrogens (primary N) is 1. The second-order valence-electron chi connectivity index (χ2n) is 10.6. The molecule has 5 rings (SSSR count). The van der Waals surface area contributed by atoms with E-state index in [1.54, 1.807) is 6.20 Å². The number of amides is 3. The molecule has 4 aromatic carbocycles. The SMILES string of the molecule is NCCNC(=O)C(Cc1cnc[nH]1)NC(=O)C(Cc1cccc2ccccc12)NC(=O)C(c1ccccc1)c1ccccc1. The summed E-state index contributed by atoms with van der Waals surface area (Å²) < 4.78 is 0. The van der Waals surface area contributed by atoms with Crippen molar-refractivity contribution in [1.82, 2.24) is 25.9 Å². The summed E-state index contributed by atoms with van der Waals surface area (Å²) in [6, 6.07) is 30.9. The molecule has 1 heterocycles. The quantitative estimate of drug-likeness (QED) is 0.144. The first kappa shape index (κ1) is 30.2. The number of nitrogens with one attached hydrogen (secondary N) is 4. The van der Waals surface area contributed by atoms with Gasteiger partial charge in [-0.15, -0.1) is 0 Å². The molecular weight excluding hydrogens is 552 g/mol. The number of hydrogen-bond acceptors (Lipinski definition) is 5. The number of carbonyl (C=O) groups is 3. The molecule has 9 heteroatoms. The maximum Gasteiger partial charge on any atom is 0.243 e. The van der Waals surface area contributed by atoms with Crippen molar-refractivity contribution in [3.05, 3.63) is 138 Å². The summed E-state index contributed by atoms with van der Waals surface area (Å²) >= 11 is 0. The van der Waals surface area contributed by atoms with Gasteiger partial charge in [0.05, 0.1) is 12.2 Å². The van der Waals surface area contributed by atoms with Crippen molar-refractivity contribution in [3.8, 4) is 0 Å². The maximum atomic E-state index is 14.1. The van der Waals surface area contributed by atoms with Gasteiger partial charge in [-0.25, -0.2) is 4.98 Å². The molecule has 5 aromatic rings. The minimum Gasteiger partial charge on any atom is -0.353 e. The first-order chi connectivity index (χ1) is 21.5. The van der Waals surface area contributed by atoms with Crippen molar-refractivity contribution in [2.75, 3.05) is 13.1 Å². The Kier molecular flexibility index (Phi) is 10.1. The fourth-order valence-corrected chi connectivity index (χ4v) is 5.36. The maximum absolute atomic E-state index is 14.1. The molecule has 6 N–H and O–H groups in total. The molecule has 2 unspecified atom stereocenters. The van der Waals surface area contributed by atoms with E-state index >= 15 is 0 Å². The standard InChI is InChI=1S/C35H36N6O3/c36-18-19-38-33(42)31(21-28-22-37-23-39-28)40-34(43)30(20-27-16-9-15-24-10-7-8-17-29(24)27)41-35(44)32(25-11-3-1-4-12-25)26-13-5-2-6-14-26/h1-17,22-23,30-32H,18-21,36H2,(H,37,39)(H,38,42)(H,40,43)(H,41,44). The number of hydrogen-bond donors (Lipinski definition) is 5. The van der Waals surface area contributed by atoms with Crippen LogP contribution in [-0.4, -0.2) is 52.9 Å². The van der Waals surface area contributed by atoms with Crippen LogP contribution in [0, 0.1) is 0 Å². The van der Waals surface area contributed by atoms with Crippen LogP contribution >= 0.6 is 0 Å². The zero-order chi connectivity index (χ0) is 30.7. The second-order valence-corrected chi connectivity index (χ2v) is 10.6. The van der Waals surface area contributed by atoms with Crippen LogP contribution in [0.2, 0.25) is 0 Å². The van der Waals surface area contributed by atoms with Gasteiger partial charge in [-0.1, -0.05) is 103 Å². The minimum atomic E-state index is -0.977. The second kappa shape index (κ2) is 14.8. The molecular formula is C35H36N6O3. The third kappa shape index (κ3) is 7.56. The van der Waals surface area contributed by atoms with Gasteiger partial charge in [0.25, 0.3) is 0 Å². The average Bonchev–Trinajstić information content (AvgIpc) is 3.57. The number of aromatic nitrogens is 2. The van der Waals surface area contributed by atoms with Crippen LogP contribution in [0.5, 0.6) is 0 Å². The molecule has 0 aliphatic carbocycles. The van der Waals surface area contributed by atoms with Crippen LogP contribution in [0.4, 0.5) is 0 Å². The highest BCUT2D eigenvalue weighted by atomic mass is 16.2. The zero-order valence-electron chi connectivity index (χ0n) is 24.3. The summed E-state index contributed by atoms with van der Waals surface area (Å²) in [5.41, 5.74) is 8.80. The summed E-state index contributed by atoms with van der Waals surface area (Å²) in [6.07, 6.45) is 3.53. The fraction of sp³-hybridized carbons (Fsp3) is 0.200. The number of imidazole rings is 1. The van der Waals surface area contributed by atoms with E-state index in [2.05, 4.69) is 25.9 Å². The number of carbonyl (C=O) groups excluding carboxylic acids is 3. The van der Waals surface area contributed by atoms with Gasteiger partial charge in [0.1, 0.15) is 12.1 Å². The first-order valence-corrected chi connectivity index (χ1v) is 14.7. The van der Waals surface area contributed by atoms with Gasteiger partial charge in [-0.2, -0.15) is 0 Å². The van der Waals surface area contributed by atoms with Crippen molar-refractivity contribution in [2.45, 2.75) is 30.8 Å². The molecule has 0 saturated carbocycles. The molecule has 9 nitrogen and oxygen atoms in total. The Bertz CT molecular complexity index is 1630. The largest absolute Gasteiger partial charge is 0.353 e. The van der Waals surface area contributed by atoms with E-state index in [0.29, 0.717) is 5.69 Å². The van der Waals surface area contributed by atoms with Gasteiger partial charge in [0.2, 0.25) is 17.7 Å². The highest BCUT2D eigenvalue weighted by molar-refractivity contribution is 5.95. The lowest BCUT2D eigenvalue weighted by Crippen LogP contribution is -2.56. The van der Waals surface area contributed by atoms with E-state index in [1.165, 1.54) is 6.33 Å². The molecule has 1 aromatic heterocycles. The Balaban J connectivity index is 1.47. The summed E-state index contributed by atoms with van der Waals surface area (Å²) in [5, 5.41) is 10.7. The van der Waals surface area contributed by atoms with Crippen LogP contribution in [0.25, 0.3) is 10.8 Å². The number of rotatable bonds is 13. The van der Waals surface area contributed by atoms with Crippen LogP contribution < -0.4 is 21.7 Å². The van der Waals surface area contributed by atoms with E-state index < -0.39 is 23.9 Å².